The molecule has 0 saturated heterocycles. The molecule has 0 bridgehead atoms. The van der Waals surface area contributed by atoms with E-state index in [9.17, 15) is 4.79 Å². The molecule has 0 atom stereocenters. The van der Waals surface area contributed by atoms with Crippen LogP contribution in [0, 0.1) is 18.8 Å². The second kappa shape index (κ2) is 10.8. The maximum absolute atomic E-state index is 12.1. The number of anilines is 1. The van der Waals surface area contributed by atoms with Crippen molar-refractivity contribution in [3.63, 3.8) is 0 Å². The number of hydrogen-bond acceptors (Lipinski definition) is 8. The van der Waals surface area contributed by atoms with E-state index in [1.807, 2.05) is 6.92 Å². The van der Waals surface area contributed by atoms with Gasteiger partial charge in [0.25, 0.3) is 5.88 Å². The van der Waals surface area contributed by atoms with E-state index in [4.69, 9.17) is 14.2 Å². The van der Waals surface area contributed by atoms with Gasteiger partial charge in [0.2, 0.25) is 0 Å². The van der Waals surface area contributed by atoms with Gasteiger partial charge in [-0.3, -0.25) is 10.3 Å². The molecule has 0 saturated carbocycles. The highest BCUT2D eigenvalue weighted by molar-refractivity contribution is 7.16. The van der Waals surface area contributed by atoms with Crippen molar-refractivity contribution in [2.24, 2.45) is 0 Å². The normalized spacial score (nSPS) is 9.90. The average Bonchev–Trinajstić information content (AvgIpc) is 3.14. The number of aryl methyl sites for hydroxylation is 1. The zero-order valence-electron chi connectivity index (χ0n) is 17.3. The van der Waals surface area contributed by atoms with E-state index < -0.39 is 0 Å². The van der Waals surface area contributed by atoms with Crippen LogP contribution in [0.1, 0.15) is 16.1 Å². The number of pyridine rings is 2. The number of nitrogens with one attached hydrogen (secondary N) is 2. The SMILES string of the molecule is COc1cc(C#Cc2sc(NC(=O)NCCOc3cccnc3)nc2C)cnc1OC. The number of amides is 2. The molecule has 9 nitrogen and oxygen atoms in total. The van der Waals surface area contributed by atoms with E-state index in [1.165, 1.54) is 25.6 Å². The number of hydrogen-bond donors (Lipinski definition) is 2. The summed E-state index contributed by atoms with van der Waals surface area (Å²) >= 11 is 1.29. The molecule has 2 N–H and O–H groups in total. The van der Waals surface area contributed by atoms with Crippen LogP contribution in [-0.4, -0.2) is 48.4 Å². The number of carbonyl (C=O) groups excluding carboxylic acids is 1. The van der Waals surface area contributed by atoms with E-state index in [2.05, 4.69) is 37.4 Å². The Morgan fingerprint density at radius 3 is 2.84 bits per heavy atom. The second-order valence-electron chi connectivity index (χ2n) is 6.04. The summed E-state index contributed by atoms with van der Waals surface area (Å²) in [6.07, 6.45) is 4.88. The summed E-state index contributed by atoms with van der Waals surface area (Å²) in [6, 6.07) is 4.95. The summed E-state index contributed by atoms with van der Waals surface area (Å²) in [5, 5.41) is 5.88. The molecule has 0 unspecified atom stereocenters. The first-order chi connectivity index (χ1) is 15.1. The van der Waals surface area contributed by atoms with Crippen molar-refractivity contribution in [2.45, 2.75) is 6.92 Å². The Hall–Kier alpha value is -3.84. The minimum atomic E-state index is -0.368. The van der Waals surface area contributed by atoms with Gasteiger partial charge in [0, 0.05) is 24.0 Å². The molecule has 0 fully saturated rings. The third-order valence-electron chi connectivity index (χ3n) is 3.86. The van der Waals surface area contributed by atoms with Gasteiger partial charge in [0.05, 0.1) is 32.7 Å². The van der Waals surface area contributed by atoms with Crippen molar-refractivity contribution in [1.82, 2.24) is 20.3 Å². The summed E-state index contributed by atoms with van der Waals surface area (Å²) < 4.78 is 15.8. The Morgan fingerprint density at radius 1 is 1.23 bits per heavy atom. The first-order valence-electron chi connectivity index (χ1n) is 9.24. The molecule has 3 aromatic heterocycles. The molecule has 10 heteroatoms. The fourth-order valence-corrected chi connectivity index (χ4v) is 3.22. The summed E-state index contributed by atoms with van der Waals surface area (Å²) in [4.78, 5) is 25.3. The minimum absolute atomic E-state index is 0.325. The van der Waals surface area contributed by atoms with Gasteiger partial charge in [-0.1, -0.05) is 17.3 Å². The lowest BCUT2D eigenvalue weighted by Crippen LogP contribution is -2.32. The number of aromatic nitrogens is 3. The molecule has 0 radical (unpaired) electrons. The Morgan fingerprint density at radius 2 is 2.10 bits per heavy atom. The van der Waals surface area contributed by atoms with Crippen molar-refractivity contribution >= 4 is 22.5 Å². The van der Waals surface area contributed by atoms with Crippen LogP contribution < -0.4 is 24.8 Å². The maximum Gasteiger partial charge on any atom is 0.321 e. The number of nitrogens with zero attached hydrogens (tertiary/aromatic N) is 3. The molecule has 0 aliphatic rings. The van der Waals surface area contributed by atoms with Crippen LogP contribution in [0.5, 0.6) is 17.4 Å². The number of thiazole rings is 1. The van der Waals surface area contributed by atoms with Gasteiger partial charge in [0.1, 0.15) is 17.2 Å². The molecular weight excluding hydrogens is 418 g/mol. The van der Waals surface area contributed by atoms with Crippen molar-refractivity contribution in [3.05, 3.63) is 52.9 Å². The average molecular weight is 439 g/mol. The summed E-state index contributed by atoms with van der Waals surface area (Å²) in [5.41, 5.74) is 1.40. The summed E-state index contributed by atoms with van der Waals surface area (Å²) in [6.45, 7) is 2.49. The van der Waals surface area contributed by atoms with E-state index in [0.717, 1.165) is 10.6 Å². The Labute approximate surface area is 183 Å². The quantitative estimate of drug-likeness (QED) is 0.431. The third kappa shape index (κ3) is 6.32. The number of methoxy groups -OCH3 is 2. The highest BCUT2D eigenvalue weighted by Crippen LogP contribution is 2.25. The van der Waals surface area contributed by atoms with Gasteiger partial charge in [-0.15, -0.1) is 0 Å². The molecule has 3 heterocycles. The van der Waals surface area contributed by atoms with E-state index in [-0.39, 0.29) is 6.03 Å². The van der Waals surface area contributed by atoms with Gasteiger partial charge in [-0.25, -0.2) is 14.8 Å². The van der Waals surface area contributed by atoms with Gasteiger partial charge in [-0.2, -0.15) is 0 Å². The van der Waals surface area contributed by atoms with Crippen molar-refractivity contribution in [3.8, 4) is 29.2 Å². The summed E-state index contributed by atoms with van der Waals surface area (Å²) in [7, 11) is 3.06. The van der Waals surface area contributed by atoms with Crippen LogP contribution in [0.2, 0.25) is 0 Å². The first kappa shape index (κ1) is 21.9. The molecule has 0 aromatic carbocycles. The molecule has 0 aliphatic heterocycles. The van der Waals surface area contributed by atoms with Crippen molar-refractivity contribution in [2.75, 3.05) is 32.7 Å². The van der Waals surface area contributed by atoms with Crippen LogP contribution in [0.15, 0.2) is 36.8 Å². The predicted octanol–water partition coefficient (Wildman–Crippen LogP) is 2.86. The van der Waals surface area contributed by atoms with Crippen molar-refractivity contribution < 1.29 is 19.0 Å². The monoisotopic (exact) mass is 439 g/mol. The Bertz CT molecular complexity index is 1090. The number of rotatable bonds is 7. The van der Waals surface area contributed by atoms with Crippen LogP contribution in [0.4, 0.5) is 9.93 Å². The van der Waals surface area contributed by atoms with Gasteiger partial charge in [0.15, 0.2) is 10.9 Å². The molecule has 3 rings (SSSR count). The maximum atomic E-state index is 12.1. The van der Waals surface area contributed by atoms with Crippen LogP contribution >= 0.6 is 11.3 Å². The Balaban J connectivity index is 1.54. The van der Waals surface area contributed by atoms with Crippen LogP contribution in [0.25, 0.3) is 0 Å². The van der Waals surface area contributed by atoms with Gasteiger partial charge < -0.3 is 19.5 Å². The highest BCUT2D eigenvalue weighted by atomic mass is 32.1. The van der Waals surface area contributed by atoms with E-state index in [1.54, 1.807) is 36.8 Å². The van der Waals surface area contributed by atoms with E-state index in [0.29, 0.717) is 41.2 Å². The van der Waals surface area contributed by atoms with Crippen LogP contribution in [-0.2, 0) is 0 Å². The number of carbonyl (C=O) groups is 1. The lowest BCUT2D eigenvalue weighted by Gasteiger charge is -2.07. The highest BCUT2D eigenvalue weighted by Gasteiger charge is 2.09. The number of ether oxygens (including phenoxy) is 3. The molecular formula is C21H21N5O4S. The predicted molar refractivity (Wildman–Crippen MR) is 117 cm³/mol. The zero-order valence-corrected chi connectivity index (χ0v) is 18.1. The Kier molecular flexibility index (Phi) is 7.61. The zero-order chi connectivity index (χ0) is 22.1. The van der Waals surface area contributed by atoms with Crippen molar-refractivity contribution in [1.29, 1.82) is 0 Å². The minimum Gasteiger partial charge on any atom is -0.491 e. The standard InChI is InChI=1S/C21H21N5O4S/c1-14-18(7-6-15-11-17(28-2)19(29-3)24-12-15)31-21(25-14)26-20(27)23-9-10-30-16-5-4-8-22-13-16/h4-5,8,11-13H,9-10H2,1-3H3,(H2,23,25,26,27). The molecule has 3 aromatic rings. The van der Waals surface area contributed by atoms with E-state index >= 15 is 0 Å². The smallest absolute Gasteiger partial charge is 0.321 e. The lowest BCUT2D eigenvalue weighted by atomic mass is 10.2. The number of urea groups is 1. The largest absolute Gasteiger partial charge is 0.491 e. The molecule has 2 amide bonds. The summed E-state index contributed by atoms with van der Waals surface area (Å²) in [5.74, 6) is 7.62. The van der Waals surface area contributed by atoms with Gasteiger partial charge in [-0.05, 0) is 25.0 Å². The molecule has 0 spiro atoms. The lowest BCUT2D eigenvalue weighted by molar-refractivity contribution is 0.247. The van der Waals surface area contributed by atoms with Gasteiger partial charge >= 0.3 is 6.03 Å². The topological polar surface area (TPSA) is 107 Å². The molecule has 31 heavy (non-hydrogen) atoms. The molecule has 160 valence electrons. The second-order valence-corrected chi connectivity index (χ2v) is 7.04. The fourth-order valence-electron chi connectivity index (χ4n) is 2.40. The van der Waals surface area contributed by atoms with Crippen LogP contribution in [0.3, 0.4) is 0 Å². The third-order valence-corrected chi connectivity index (χ3v) is 4.85. The molecule has 0 aliphatic carbocycles. The first-order valence-corrected chi connectivity index (χ1v) is 10.1. The fraction of sp³-hybridized carbons (Fsp3) is 0.238.